The molecule has 0 spiro atoms. The Morgan fingerprint density at radius 2 is 2.23 bits per heavy atom. The Labute approximate surface area is 135 Å². The lowest BCUT2D eigenvalue weighted by atomic mass is 9.78. The van der Waals surface area contributed by atoms with Gasteiger partial charge in [-0.15, -0.1) is 11.3 Å². The topological polar surface area (TPSA) is 55.4 Å². The maximum absolute atomic E-state index is 11.9. The predicted molar refractivity (Wildman–Crippen MR) is 88.4 cm³/mol. The fraction of sp³-hybridized carbons (Fsp3) is 0.529. The predicted octanol–water partition coefficient (Wildman–Crippen LogP) is 3.25. The van der Waals surface area contributed by atoms with Crippen molar-refractivity contribution in [1.82, 2.24) is 5.32 Å². The number of carbonyl (C=O) groups excluding carboxylic acids is 2. The number of carbonyl (C=O) groups is 2. The third-order valence-corrected chi connectivity index (χ3v) is 5.16. The van der Waals surface area contributed by atoms with Gasteiger partial charge in [0.2, 0.25) is 0 Å². The van der Waals surface area contributed by atoms with Gasteiger partial charge >= 0.3 is 5.97 Å². The van der Waals surface area contributed by atoms with Crippen LogP contribution in [0, 0.1) is 11.8 Å². The summed E-state index contributed by atoms with van der Waals surface area (Å²) in [6.45, 7) is 4.17. The van der Waals surface area contributed by atoms with E-state index in [-0.39, 0.29) is 18.6 Å². The third kappa shape index (κ3) is 4.98. The fourth-order valence-corrected chi connectivity index (χ4v) is 3.37. The number of hydrogen-bond acceptors (Lipinski definition) is 4. The standard InChI is InChI=1S/C17H23NO3S/c1-12-5-3-7-15(13(12)2)18-16(19)11-21-17(20)9-8-14-6-4-10-22-14/h4,6,8-10,12-13,15H,3,5,7,11H2,1-2H3,(H,18,19)/b9-8+/t12-,13+,15+/m0/s1. The average Bonchev–Trinajstić information content (AvgIpc) is 3.01. The number of ether oxygens (including phenoxy) is 1. The van der Waals surface area contributed by atoms with E-state index in [1.54, 1.807) is 6.08 Å². The number of hydrogen-bond donors (Lipinski definition) is 1. The maximum Gasteiger partial charge on any atom is 0.331 e. The molecule has 0 saturated heterocycles. The van der Waals surface area contributed by atoms with E-state index in [1.807, 2.05) is 17.5 Å². The van der Waals surface area contributed by atoms with E-state index >= 15 is 0 Å². The van der Waals surface area contributed by atoms with E-state index in [2.05, 4.69) is 19.2 Å². The smallest absolute Gasteiger partial charge is 0.331 e. The van der Waals surface area contributed by atoms with Gasteiger partial charge in [0, 0.05) is 17.0 Å². The number of nitrogens with one attached hydrogen (secondary N) is 1. The molecular weight excluding hydrogens is 298 g/mol. The first-order valence-corrected chi connectivity index (χ1v) is 8.62. The molecule has 4 nitrogen and oxygen atoms in total. The normalized spacial score (nSPS) is 25.1. The van der Waals surface area contributed by atoms with E-state index in [0.29, 0.717) is 11.8 Å². The molecule has 1 aliphatic rings. The molecule has 0 aliphatic heterocycles. The SMILES string of the molecule is C[C@@H]1[C@@H](C)CCC[C@H]1NC(=O)COC(=O)/C=C/c1cccs1. The molecule has 1 fully saturated rings. The molecule has 2 rings (SSSR count). The molecule has 3 atom stereocenters. The highest BCUT2D eigenvalue weighted by Gasteiger charge is 2.28. The van der Waals surface area contributed by atoms with Gasteiger partial charge in [0.25, 0.3) is 5.91 Å². The fourth-order valence-electron chi connectivity index (χ4n) is 2.76. The van der Waals surface area contributed by atoms with Crippen LogP contribution in [0.25, 0.3) is 6.08 Å². The van der Waals surface area contributed by atoms with Gasteiger partial charge in [0.1, 0.15) is 0 Å². The largest absolute Gasteiger partial charge is 0.452 e. The van der Waals surface area contributed by atoms with Gasteiger partial charge in [-0.2, -0.15) is 0 Å². The summed E-state index contributed by atoms with van der Waals surface area (Å²) in [5.74, 6) is 0.375. The average molecular weight is 321 g/mol. The van der Waals surface area contributed by atoms with E-state index < -0.39 is 5.97 Å². The summed E-state index contributed by atoms with van der Waals surface area (Å²) in [5.41, 5.74) is 0. The van der Waals surface area contributed by atoms with Crippen LogP contribution in [0.2, 0.25) is 0 Å². The summed E-state index contributed by atoms with van der Waals surface area (Å²) < 4.78 is 4.97. The van der Waals surface area contributed by atoms with Crippen LogP contribution in [-0.4, -0.2) is 24.5 Å². The van der Waals surface area contributed by atoms with Crippen LogP contribution in [0.4, 0.5) is 0 Å². The van der Waals surface area contributed by atoms with Gasteiger partial charge in [-0.05, 0) is 35.8 Å². The van der Waals surface area contributed by atoms with Crippen LogP contribution in [0.1, 0.15) is 38.0 Å². The van der Waals surface area contributed by atoms with Crippen molar-refractivity contribution in [2.75, 3.05) is 6.61 Å². The van der Waals surface area contributed by atoms with E-state index in [9.17, 15) is 9.59 Å². The van der Waals surface area contributed by atoms with Crippen LogP contribution in [0.3, 0.4) is 0 Å². The second-order valence-electron chi connectivity index (χ2n) is 5.90. The lowest BCUT2D eigenvalue weighted by Crippen LogP contribution is -2.45. The molecule has 1 aromatic heterocycles. The molecule has 1 saturated carbocycles. The lowest BCUT2D eigenvalue weighted by Gasteiger charge is -2.34. The summed E-state index contributed by atoms with van der Waals surface area (Å²) in [4.78, 5) is 24.4. The van der Waals surface area contributed by atoms with Crippen molar-refractivity contribution in [1.29, 1.82) is 0 Å². The van der Waals surface area contributed by atoms with E-state index in [4.69, 9.17) is 4.74 Å². The lowest BCUT2D eigenvalue weighted by molar-refractivity contribution is -0.144. The van der Waals surface area contributed by atoms with Crippen molar-refractivity contribution in [2.24, 2.45) is 11.8 Å². The highest BCUT2D eigenvalue weighted by molar-refractivity contribution is 7.10. The number of esters is 1. The van der Waals surface area contributed by atoms with Crippen molar-refractivity contribution >= 4 is 29.3 Å². The molecule has 1 amide bonds. The molecule has 1 heterocycles. The summed E-state index contributed by atoms with van der Waals surface area (Å²) in [6, 6.07) is 4.01. The third-order valence-electron chi connectivity index (χ3n) is 4.33. The molecule has 0 bridgehead atoms. The number of thiophene rings is 1. The van der Waals surface area contributed by atoms with Crippen molar-refractivity contribution in [3.63, 3.8) is 0 Å². The first kappa shape index (κ1) is 16.7. The van der Waals surface area contributed by atoms with Crippen LogP contribution in [-0.2, 0) is 14.3 Å². The molecule has 0 unspecified atom stereocenters. The Morgan fingerprint density at radius 3 is 2.95 bits per heavy atom. The highest BCUT2D eigenvalue weighted by Crippen LogP contribution is 2.29. The Kier molecular flexibility index (Phi) is 6.19. The summed E-state index contributed by atoms with van der Waals surface area (Å²) in [5, 5.41) is 4.92. The van der Waals surface area contributed by atoms with Crippen molar-refractivity contribution < 1.29 is 14.3 Å². The Balaban J connectivity index is 1.72. The second kappa shape index (κ2) is 8.13. The molecular formula is C17H23NO3S. The molecule has 22 heavy (non-hydrogen) atoms. The zero-order chi connectivity index (χ0) is 15.9. The van der Waals surface area contributed by atoms with Crippen LogP contribution in [0.5, 0.6) is 0 Å². The maximum atomic E-state index is 11.9. The van der Waals surface area contributed by atoms with Crippen molar-refractivity contribution in [3.05, 3.63) is 28.5 Å². The van der Waals surface area contributed by atoms with Gasteiger partial charge in [-0.1, -0.05) is 32.8 Å². The van der Waals surface area contributed by atoms with Gasteiger partial charge in [-0.25, -0.2) is 4.79 Å². The summed E-state index contributed by atoms with van der Waals surface area (Å²) in [6.07, 6.45) is 6.40. The van der Waals surface area contributed by atoms with Crippen LogP contribution in [0.15, 0.2) is 23.6 Å². The highest BCUT2D eigenvalue weighted by atomic mass is 32.1. The number of rotatable bonds is 5. The first-order valence-electron chi connectivity index (χ1n) is 7.74. The Bertz CT molecular complexity index is 524. The van der Waals surface area contributed by atoms with Crippen molar-refractivity contribution in [3.8, 4) is 0 Å². The zero-order valence-corrected chi connectivity index (χ0v) is 13.9. The molecule has 0 aromatic carbocycles. The van der Waals surface area contributed by atoms with Gasteiger partial charge in [0.15, 0.2) is 6.61 Å². The Morgan fingerprint density at radius 1 is 1.41 bits per heavy atom. The minimum absolute atomic E-state index is 0.191. The molecule has 1 aliphatic carbocycles. The minimum atomic E-state index is -0.492. The van der Waals surface area contributed by atoms with Gasteiger partial charge in [0.05, 0.1) is 0 Å². The summed E-state index contributed by atoms with van der Waals surface area (Å²) in [7, 11) is 0. The van der Waals surface area contributed by atoms with Crippen LogP contribution < -0.4 is 5.32 Å². The zero-order valence-electron chi connectivity index (χ0n) is 13.1. The second-order valence-corrected chi connectivity index (χ2v) is 6.88. The molecule has 1 N–H and O–H groups in total. The molecule has 0 radical (unpaired) electrons. The molecule has 5 heteroatoms. The van der Waals surface area contributed by atoms with E-state index in [1.165, 1.54) is 23.8 Å². The van der Waals surface area contributed by atoms with Crippen molar-refractivity contribution in [2.45, 2.75) is 39.2 Å². The van der Waals surface area contributed by atoms with Crippen LogP contribution >= 0.6 is 11.3 Å². The Hall–Kier alpha value is -1.62. The molecule has 120 valence electrons. The quantitative estimate of drug-likeness (QED) is 0.669. The molecule has 1 aromatic rings. The van der Waals surface area contributed by atoms with Gasteiger partial charge < -0.3 is 10.1 Å². The van der Waals surface area contributed by atoms with Gasteiger partial charge in [-0.3, -0.25) is 4.79 Å². The first-order chi connectivity index (χ1) is 10.6. The number of amides is 1. The minimum Gasteiger partial charge on any atom is -0.452 e. The van der Waals surface area contributed by atoms with E-state index in [0.717, 1.165) is 17.7 Å². The summed E-state index contributed by atoms with van der Waals surface area (Å²) >= 11 is 1.54. The monoisotopic (exact) mass is 321 g/mol.